The lowest BCUT2D eigenvalue weighted by Crippen LogP contribution is -2.44. The summed E-state index contributed by atoms with van der Waals surface area (Å²) in [7, 11) is 0. The molecule has 0 unspecified atom stereocenters. The molecule has 6 heteroatoms. The van der Waals surface area contributed by atoms with Crippen molar-refractivity contribution in [2.45, 2.75) is 70.6 Å². The maximum Gasteiger partial charge on any atom is 0.333 e. The highest BCUT2D eigenvalue weighted by Gasteiger charge is 2.54. The maximum absolute atomic E-state index is 12.0. The molecule has 0 fully saturated rings. The fraction of sp³-hybridized carbons (Fsp3) is 0.632. The van der Waals surface area contributed by atoms with Crippen molar-refractivity contribution in [3.05, 3.63) is 22.8 Å². The lowest BCUT2D eigenvalue weighted by Gasteiger charge is -2.31. The van der Waals surface area contributed by atoms with Crippen molar-refractivity contribution in [3.8, 4) is 0 Å². The van der Waals surface area contributed by atoms with E-state index >= 15 is 0 Å². The van der Waals surface area contributed by atoms with Crippen LogP contribution < -0.4 is 0 Å². The fourth-order valence-electron chi connectivity index (χ4n) is 3.99. The maximum atomic E-state index is 12.0. The van der Waals surface area contributed by atoms with Crippen molar-refractivity contribution in [3.63, 3.8) is 0 Å². The van der Waals surface area contributed by atoms with E-state index in [1.165, 1.54) is 0 Å². The molecular weight excluding hydrogens is 324 g/mol. The van der Waals surface area contributed by atoms with Gasteiger partial charge in [0, 0.05) is 0 Å². The number of rotatable bonds is 4. The molecule has 0 aromatic rings. The van der Waals surface area contributed by atoms with Gasteiger partial charge in [-0.25, -0.2) is 4.79 Å². The molecule has 0 aliphatic heterocycles. The van der Waals surface area contributed by atoms with Crippen LogP contribution in [0.5, 0.6) is 0 Å². The zero-order chi connectivity index (χ0) is 18.4. The summed E-state index contributed by atoms with van der Waals surface area (Å²) in [6.45, 7) is 0. The molecule has 0 saturated carbocycles. The summed E-state index contributed by atoms with van der Waals surface area (Å²) >= 11 is 0. The third-order valence-corrected chi connectivity index (χ3v) is 5.33. The van der Waals surface area contributed by atoms with E-state index in [1.54, 1.807) is 0 Å². The Kier molecular flexibility index (Phi) is 6.39. The summed E-state index contributed by atoms with van der Waals surface area (Å²) in [5.74, 6) is -4.59. The zero-order valence-electron chi connectivity index (χ0n) is 14.4. The molecule has 2 aliphatic rings. The monoisotopic (exact) mass is 350 g/mol. The van der Waals surface area contributed by atoms with Gasteiger partial charge in [-0.15, -0.1) is 0 Å². The van der Waals surface area contributed by atoms with Gasteiger partial charge in [0.15, 0.2) is 5.41 Å². The van der Waals surface area contributed by atoms with Crippen molar-refractivity contribution in [1.29, 1.82) is 0 Å². The molecule has 2 aliphatic carbocycles. The number of carboxylic acid groups (broad SMARTS) is 3. The first-order valence-electron chi connectivity index (χ1n) is 9.04. The van der Waals surface area contributed by atoms with Crippen molar-refractivity contribution >= 4 is 17.9 Å². The summed E-state index contributed by atoms with van der Waals surface area (Å²) in [5.41, 5.74) is -1.52. The third-order valence-electron chi connectivity index (χ3n) is 5.33. The molecule has 0 bridgehead atoms. The molecule has 0 atom stereocenters. The van der Waals surface area contributed by atoms with Crippen LogP contribution in [-0.4, -0.2) is 33.2 Å². The molecule has 0 amide bonds. The first-order chi connectivity index (χ1) is 11.9. The van der Waals surface area contributed by atoms with E-state index in [0.29, 0.717) is 31.3 Å². The van der Waals surface area contributed by atoms with E-state index in [2.05, 4.69) is 0 Å². The fourth-order valence-corrected chi connectivity index (χ4v) is 3.99. The summed E-state index contributed by atoms with van der Waals surface area (Å²) in [4.78, 5) is 35.9. The molecule has 2 rings (SSSR count). The minimum absolute atomic E-state index is 0.184. The van der Waals surface area contributed by atoms with Crippen molar-refractivity contribution in [2.24, 2.45) is 5.41 Å². The first-order valence-corrected chi connectivity index (χ1v) is 9.04. The van der Waals surface area contributed by atoms with Gasteiger partial charge in [-0.3, -0.25) is 9.59 Å². The summed E-state index contributed by atoms with van der Waals surface area (Å²) in [6.07, 6.45) is 9.68. The van der Waals surface area contributed by atoms with E-state index in [1.807, 2.05) is 6.08 Å². The number of aliphatic carboxylic acids is 3. The predicted molar refractivity (Wildman–Crippen MR) is 91.2 cm³/mol. The van der Waals surface area contributed by atoms with Crippen molar-refractivity contribution < 1.29 is 29.7 Å². The Hall–Kier alpha value is -2.11. The molecule has 0 aromatic carbocycles. The van der Waals surface area contributed by atoms with E-state index in [9.17, 15) is 29.7 Å². The second-order valence-corrected chi connectivity index (χ2v) is 6.92. The molecule has 138 valence electrons. The standard InChI is InChI=1S/C19H26O6/c20-16(21)15-14(13-9-5-2-1-3-6-10-13)11-7-4-8-12-19(15,17(22)23)18(24)25/h9H,1-8,10-12H2,(H,20,21)(H,22,23)(H,24,25)/b13-9+,15-14+. The topological polar surface area (TPSA) is 112 Å². The highest BCUT2D eigenvalue weighted by atomic mass is 16.4. The Morgan fingerprint density at radius 1 is 0.800 bits per heavy atom. The van der Waals surface area contributed by atoms with Gasteiger partial charge < -0.3 is 15.3 Å². The van der Waals surface area contributed by atoms with Crippen LogP contribution in [0.1, 0.15) is 70.6 Å². The molecule has 0 heterocycles. The second-order valence-electron chi connectivity index (χ2n) is 6.92. The summed E-state index contributed by atoms with van der Waals surface area (Å²) in [5, 5.41) is 29.2. The van der Waals surface area contributed by atoms with E-state index in [4.69, 9.17) is 0 Å². The number of allylic oxidation sites excluding steroid dienone is 3. The Bertz CT molecular complexity index is 599. The molecule has 0 saturated heterocycles. The van der Waals surface area contributed by atoms with Gasteiger partial charge in [0.1, 0.15) is 0 Å². The van der Waals surface area contributed by atoms with Gasteiger partial charge in [-0.05, 0) is 56.1 Å². The number of hydrogen-bond acceptors (Lipinski definition) is 3. The molecule has 0 spiro atoms. The normalized spacial score (nSPS) is 27.0. The predicted octanol–water partition coefficient (Wildman–Crippen LogP) is 3.77. The average Bonchev–Trinajstić information content (AvgIpc) is 2.46. The highest BCUT2D eigenvalue weighted by Crippen LogP contribution is 2.43. The van der Waals surface area contributed by atoms with Crippen molar-refractivity contribution in [2.75, 3.05) is 0 Å². The van der Waals surface area contributed by atoms with E-state index < -0.39 is 28.9 Å². The number of carbonyl (C=O) groups is 3. The molecule has 25 heavy (non-hydrogen) atoms. The van der Waals surface area contributed by atoms with Gasteiger partial charge in [-0.1, -0.05) is 31.8 Å². The highest BCUT2D eigenvalue weighted by molar-refractivity contribution is 6.10. The van der Waals surface area contributed by atoms with Crippen LogP contribution in [0.3, 0.4) is 0 Å². The minimum Gasteiger partial charge on any atom is -0.480 e. The van der Waals surface area contributed by atoms with Crippen LogP contribution in [0.2, 0.25) is 0 Å². The Morgan fingerprint density at radius 3 is 2.04 bits per heavy atom. The Balaban J connectivity index is 2.70. The summed E-state index contributed by atoms with van der Waals surface area (Å²) < 4.78 is 0. The summed E-state index contributed by atoms with van der Waals surface area (Å²) in [6, 6.07) is 0. The van der Waals surface area contributed by atoms with Gasteiger partial charge in [-0.2, -0.15) is 0 Å². The quantitative estimate of drug-likeness (QED) is 0.665. The zero-order valence-corrected chi connectivity index (χ0v) is 14.4. The van der Waals surface area contributed by atoms with Crippen LogP contribution in [0.4, 0.5) is 0 Å². The second kappa shape index (κ2) is 8.32. The van der Waals surface area contributed by atoms with E-state index in [0.717, 1.165) is 44.1 Å². The van der Waals surface area contributed by atoms with Gasteiger partial charge in [0.25, 0.3) is 0 Å². The molecule has 6 nitrogen and oxygen atoms in total. The van der Waals surface area contributed by atoms with E-state index in [-0.39, 0.29) is 6.42 Å². The largest absolute Gasteiger partial charge is 0.480 e. The van der Waals surface area contributed by atoms with Crippen LogP contribution in [0.15, 0.2) is 22.8 Å². The Morgan fingerprint density at radius 2 is 1.40 bits per heavy atom. The van der Waals surface area contributed by atoms with Gasteiger partial charge in [0.2, 0.25) is 0 Å². The van der Waals surface area contributed by atoms with Crippen molar-refractivity contribution in [1.82, 2.24) is 0 Å². The van der Waals surface area contributed by atoms with Crippen LogP contribution >= 0.6 is 0 Å². The van der Waals surface area contributed by atoms with Gasteiger partial charge >= 0.3 is 17.9 Å². The number of hydrogen-bond donors (Lipinski definition) is 3. The minimum atomic E-state index is -2.37. The van der Waals surface area contributed by atoms with Crippen LogP contribution in [0.25, 0.3) is 0 Å². The van der Waals surface area contributed by atoms with Crippen LogP contribution in [0, 0.1) is 5.41 Å². The lowest BCUT2D eigenvalue weighted by molar-refractivity contribution is -0.164. The SMILES string of the molecule is O=C(O)/C1=C(\C2=C\CCCCCC2)CCCCCC1(C(=O)O)C(=O)O. The average molecular weight is 350 g/mol. The molecular formula is C19H26O6. The molecule has 0 radical (unpaired) electrons. The van der Waals surface area contributed by atoms with Gasteiger partial charge in [0.05, 0.1) is 5.57 Å². The smallest absolute Gasteiger partial charge is 0.333 e. The molecule has 3 N–H and O–H groups in total. The Labute approximate surface area is 147 Å². The molecule has 0 aromatic heterocycles. The first kappa shape index (κ1) is 19.2. The number of carboxylic acids is 3. The lowest BCUT2D eigenvalue weighted by atomic mass is 9.70. The van der Waals surface area contributed by atoms with Crippen LogP contribution in [-0.2, 0) is 14.4 Å². The third kappa shape index (κ3) is 3.94.